The van der Waals surface area contributed by atoms with Crippen LogP contribution in [0.1, 0.15) is 186 Å². The molecule has 6 aliphatic rings. The third kappa shape index (κ3) is 13.5. The molecule has 0 aromatic rings. The zero-order chi connectivity index (χ0) is 33.4. The molecule has 6 rings (SSSR count). The van der Waals surface area contributed by atoms with Gasteiger partial charge in [-0.25, -0.2) is 9.98 Å². The first-order valence-electron chi connectivity index (χ1n) is 21.7. The number of hydrogen-bond acceptors (Lipinski definition) is 4. The van der Waals surface area contributed by atoms with Gasteiger partial charge in [0.2, 0.25) is 0 Å². The number of hydrogen-bond donors (Lipinski definition) is 4. The molecular weight excluding hydrogens is 608 g/mol. The fourth-order valence-corrected chi connectivity index (χ4v) is 9.70. The third-order valence-electron chi connectivity index (χ3n) is 12.6. The van der Waals surface area contributed by atoms with Crippen LogP contribution in [0.25, 0.3) is 0 Å². The number of ether oxygens (including phenoxy) is 2. The van der Waals surface area contributed by atoms with Gasteiger partial charge in [-0.1, -0.05) is 77.0 Å². The van der Waals surface area contributed by atoms with E-state index in [-0.39, 0.29) is 0 Å². The highest BCUT2D eigenvalue weighted by atomic mass is 16.5. The van der Waals surface area contributed by atoms with Crippen molar-refractivity contribution in [3.8, 4) is 0 Å². The van der Waals surface area contributed by atoms with E-state index in [0.29, 0.717) is 48.5 Å². The van der Waals surface area contributed by atoms with Gasteiger partial charge in [-0.15, -0.1) is 0 Å². The van der Waals surface area contributed by atoms with Gasteiger partial charge in [-0.05, 0) is 109 Å². The van der Waals surface area contributed by atoms with Crippen molar-refractivity contribution < 1.29 is 9.47 Å². The topological polar surface area (TPSA) is 91.3 Å². The summed E-state index contributed by atoms with van der Waals surface area (Å²) in [5.41, 5.74) is 0. The fraction of sp³-hybridized carbons (Fsp3) is 0.951. The molecule has 280 valence electrons. The first kappa shape index (κ1) is 37.2. The van der Waals surface area contributed by atoms with Gasteiger partial charge >= 0.3 is 0 Å². The van der Waals surface area contributed by atoms with Gasteiger partial charge in [0.25, 0.3) is 0 Å². The minimum absolute atomic E-state index is 0.346. The van der Waals surface area contributed by atoms with Crippen molar-refractivity contribution >= 4 is 11.9 Å². The Labute approximate surface area is 300 Å². The van der Waals surface area contributed by atoms with E-state index < -0.39 is 0 Å². The van der Waals surface area contributed by atoms with Crippen molar-refractivity contribution in [1.82, 2.24) is 21.3 Å². The van der Waals surface area contributed by atoms with Crippen LogP contribution in [-0.2, 0) is 9.47 Å². The van der Waals surface area contributed by atoms with Gasteiger partial charge in [0.15, 0.2) is 11.9 Å². The van der Waals surface area contributed by atoms with Gasteiger partial charge in [0.1, 0.15) is 0 Å². The van der Waals surface area contributed by atoms with Crippen molar-refractivity contribution in [1.29, 1.82) is 0 Å². The number of nitrogens with zero attached hydrogens (tertiary/aromatic N) is 2. The van der Waals surface area contributed by atoms with E-state index >= 15 is 0 Å². The van der Waals surface area contributed by atoms with Crippen molar-refractivity contribution in [2.45, 2.75) is 235 Å². The highest BCUT2D eigenvalue weighted by Crippen LogP contribution is 2.26. The fourth-order valence-electron chi connectivity index (χ4n) is 9.70. The summed E-state index contributed by atoms with van der Waals surface area (Å²) < 4.78 is 13.0. The lowest BCUT2D eigenvalue weighted by molar-refractivity contribution is -0.0142. The van der Waals surface area contributed by atoms with Crippen LogP contribution in [-0.4, -0.2) is 73.6 Å². The molecule has 0 heterocycles. The van der Waals surface area contributed by atoms with Crippen LogP contribution in [0.5, 0.6) is 0 Å². The summed E-state index contributed by atoms with van der Waals surface area (Å²) in [6, 6.07) is 3.08. The summed E-state index contributed by atoms with van der Waals surface area (Å²) in [6.07, 6.45) is 37.6. The molecule has 0 aliphatic heterocycles. The van der Waals surface area contributed by atoms with Gasteiger partial charge < -0.3 is 30.7 Å². The highest BCUT2D eigenvalue weighted by molar-refractivity contribution is 5.81. The number of nitrogens with one attached hydrogen (secondary N) is 4. The van der Waals surface area contributed by atoms with Crippen LogP contribution in [0.15, 0.2) is 9.98 Å². The maximum Gasteiger partial charge on any atom is 0.191 e. The predicted octanol–water partition coefficient (Wildman–Crippen LogP) is 8.43. The summed E-state index contributed by atoms with van der Waals surface area (Å²) >= 11 is 0. The third-order valence-corrected chi connectivity index (χ3v) is 12.6. The lowest BCUT2D eigenvalue weighted by Crippen LogP contribution is -2.50. The Hall–Kier alpha value is -1.54. The molecule has 0 amide bonds. The molecule has 0 radical (unpaired) electrons. The molecule has 0 aromatic heterocycles. The summed E-state index contributed by atoms with van der Waals surface area (Å²) in [7, 11) is 0. The van der Waals surface area contributed by atoms with E-state index in [9.17, 15) is 0 Å². The normalized spacial score (nSPS) is 30.9. The van der Waals surface area contributed by atoms with Crippen LogP contribution in [0, 0.1) is 0 Å². The zero-order valence-electron chi connectivity index (χ0n) is 31.3. The Morgan fingerprint density at radius 2 is 0.735 bits per heavy atom. The van der Waals surface area contributed by atoms with Gasteiger partial charge in [0, 0.05) is 37.4 Å². The van der Waals surface area contributed by atoms with Crippen LogP contribution < -0.4 is 21.3 Å². The molecule has 0 spiro atoms. The Kier molecular flexibility index (Phi) is 16.0. The Balaban J connectivity index is 0.899. The Bertz CT molecular complexity index is 891. The molecule has 0 saturated heterocycles. The number of aliphatic imine (C=N–C) groups is 2. The maximum atomic E-state index is 6.49. The van der Waals surface area contributed by atoms with E-state index in [1.807, 2.05) is 0 Å². The van der Waals surface area contributed by atoms with E-state index in [2.05, 4.69) is 21.3 Å². The highest BCUT2D eigenvalue weighted by Gasteiger charge is 2.27. The average molecular weight is 683 g/mol. The molecule has 8 heteroatoms. The van der Waals surface area contributed by atoms with Crippen LogP contribution in [0.4, 0.5) is 0 Å². The summed E-state index contributed by atoms with van der Waals surface area (Å²) in [6.45, 7) is 1.61. The van der Waals surface area contributed by atoms with E-state index in [4.69, 9.17) is 19.5 Å². The smallest absolute Gasteiger partial charge is 0.191 e. The van der Waals surface area contributed by atoms with E-state index in [0.717, 1.165) is 44.4 Å². The Morgan fingerprint density at radius 1 is 0.388 bits per heavy atom. The molecule has 4 atom stereocenters. The second-order valence-corrected chi connectivity index (χ2v) is 16.9. The second-order valence-electron chi connectivity index (χ2n) is 16.9. The summed E-state index contributed by atoms with van der Waals surface area (Å²) in [5.74, 6) is 2.19. The average Bonchev–Trinajstić information content (AvgIpc) is 3.13. The van der Waals surface area contributed by atoms with Crippen molar-refractivity contribution in [2.75, 3.05) is 13.2 Å². The molecule has 0 bridgehead atoms. The molecular formula is C41H74N6O2. The molecule has 6 saturated carbocycles. The molecule has 0 aromatic carbocycles. The first-order valence-corrected chi connectivity index (χ1v) is 21.7. The minimum Gasteiger partial charge on any atom is -0.378 e. The van der Waals surface area contributed by atoms with Crippen LogP contribution in [0.3, 0.4) is 0 Å². The minimum atomic E-state index is 0.346. The summed E-state index contributed by atoms with van der Waals surface area (Å²) in [4.78, 5) is 10.6. The number of rotatable bonds is 12. The van der Waals surface area contributed by atoms with Crippen molar-refractivity contribution in [3.05, 3.63) is 0 Å². The van der Waals surface area contributed by atoms with Crippen LogP contribution >= 0.6 is 0 Å². The monoisotopic (exact) mass is 683 g/mol. The van der Waals surface area contributed by atoms with Crippen molar-refractivity contribution in [2.24, 2.45) is 9.98 Å². The molecule has 6 aliphatic carbocycles. The Morgan fingerprint density at radius 3 is 1.14 bits per heavy atom. The molecule has 4 unspecified atom stereocenters. The largest absolute Gasteiger partial charge is 0.378 e. The van der Waals surface area contributed by atoms with Gasteiger partial charge in [0.05, 0.1) is 24.3 Å². The van der Waals surface area contributed by atoms with E-state index in [1.54, 1.807) is 0 Å². The molecule has 49 heavy (non-hydrogen) atoms. The zero-order valence-corrected chi connectivity index (χ0v) is 31.3. The summed E-state index contributed by atoms with van der Waals surface area (Å²) in [5, 5.41) is 15.6. The van der Waals surface area contributed by atoms with Gasteiger partial charge in [-0.2, -0.15) is 0 Å². The quantitative estimate of drug-likeness (QED) is 0.0939. The lowest BCUT2D eigenvalue weighted by atomic mass is 9.92. The van der Waals surface area contributed by atoms with E-state index in [1.165, 1.54) is 167 Å². The molecule has 6 fully saturated rings. The first-order chi connectivity index (χ1) is 24.2. The van der Waals surface area contributed by atoms with Crippen molar-refractivity contribution in [3.63, 3.8) is 0 Å². The lowest BCUT2D eigenvalue weighted by Gasteiger charge is -2.33. The standard InChI is InChI=1S/C41H74N6O2/c1-5-16-32(17-6-1)42-40(43-33-18-7-2-8-19-33)46-36-24-13-26-38(30-36)48-28-15-29-49-39-27-14-25-37(31-39)47-41(44-34-20-9-3-10-21-34)45-35-22-11-4-12-23-35/h32-39H,1-31H2,(H2,42,43,46)(H2,44,45,47). The second kappa shape index (κ2) is 21.1. The predicted molar refractivity (Wildman–Crippen MR) is 204 cm³/mol. The number of guanidine groups is 2. The molecule has 8 nitrogen and oxygen atoms in total. The van der Waals surface area contributed by atoms with Gasteiger partial charge in [-0.3, -0.25) is 0 Å². The van der Waals surface area contributed by atoms with Crippen LogP contribution in [0.2, 0.25) is 0 Å². The SMILES string of the molecule is C1CCC(N=C(NC2CCCCC2)NC2CCCC(OCCCOC3CCCC(NC(=NC4CCCCC4)NC4CCCCC4)C3)C2)CC1. The maximum absolute atomic E-state index is 6.49. The molecule has 4 N–H and O–H groups in total.